The van der Waals surface area contributed by atoms with Crippen molar-refractivity contribution in [1.29, 1.82) is 0 Å². The number of benzene rings is 2. The van der Waals surface area contributed by atoms with Crippen LogP contribution in [0.5, 0.6) is 0 Å². The fourth-order valence-electron chi connectivity index (χ4n) is 4.10. The summed E-state index contributed by atoms with van der Waals surface area (Å²) in [5.41, 5.74) is 2.25. The molecule has 1 fully saturated rings. The number of anilines is 1. The summed E-state index contributed by atoms with van der Waals surface area (Å²) in [6.07, 6.45) is 1.74. The van der Waals surface area contributed by atoms with Crippen LogP contribution in [0.25, 0.3) is 0 Å². The summed E-state index contributed by atoms with van der Waals surface area (Å²) in [4.78, 5) is 27.6. The number of halogens is 2. The van der Waals surface area contributed by atoms with E-state index in [1.54, 1.807) is 18.2 Å². The number of carbonyl (C=O) groups excluding carboxylic acids is 2. The van der Waals surface area contributed by atoms with Crippen molar-refractivity contribution in [1.82, 2.24) is 19.7 Å². The molecule has 1 N–H and O–H groups in total. The van der Waals surface area contributed by atoms with Crippen LogP contribution in [0.15, 0.2) is 47.6 Å². The molecule has 0 bridgehead atoms. The summed E-state index contributed by atoms with van der Waals surface area (Å²) in [5, 5.41) is 13.0. The second-order valence-corrected chi connectivity index (χ2v) is 9.78. The zero-order valence-corrected chi connectivity index (χ0v) is 21.3. The Kier molecular flexibility index (Phi) is 7.80. The van der Waals surface area contributed by atoms with Gasteiger partial charge in [-0.25, -0.2) is 0 Å². The molecular formula is C24H25Cl2N5O2S. The number of hydrogen-bond acceptors (Lipinski definition) is 5. The molecule has 0 saturated carbocycles. The molecule has 178 valence electrons. The minimum Gasteiger partial charge on any atom is -0.328 e. The molecule has 1 saturated heterocycles. The SMILES string of the molecule is CCn1c(SCC(=O)Nc2ccc(Cl)c(Cl)c2)nnc1C1CCCN1C(=O)c1ccccc1C. The minimum atomic E-state index is -0.187. The van der Waals surface area contributed by atoms with Crippen LogP contribution >= 0.6 is 35.0 Å². The number of amides is 2. The summed E-state index contributed by atoms with van der Waals surface area (Å²) in [5.74, 6) is 0.748. The molecule has 7 nitrogen and oxygen atoms in total. The van der Waals surface area contributed by atoms with Gasteiger partial charge in [0, 0.05) is 24.3 Å². The highest BCUT2D eigenvalue weighted by molar-refractivity contribution is 7.99. The van der Waals surface area contributed by atoms with Crippen molar-refractivity contribution in [2.24, 2.45) is 0 Å². The molecule has 4 rings (SSSR count). The first-order valence-corrected chi connectivity index (χ1v) is 12.8. The third-order valence-corrected chi connectivity index (χ3v) is 7.49. The molecule has 2 heterocycles. The Morgan fingerprint density at radius 1 is 1.15 bits per heavy atom. The average molecular weight is 518 g/mol. The Hall–Kier alpha value is -2.55. The highest BCUT2D eigenvalue weighted by Gasteiger charge is 2.35. The molecule has 1 unspecified atom stereocenters. The van der Waals surface area contributed by atoms with Crippen molar-refractivity contribution in [3.63, 3.8) is 0 Å². The predicted molar refractivity (Wildman–Crippen MR) is 136 cm³/mol. The monoisotopic (exact) mass is 517 g/mol. The van der Waals surface area contributed by atoms with E-state index in [1.165, 1.54) is 11.8 Å². The van der Waals surface area contributed by atoms with Gasteiger partial charge in [0.25, 0.3) is 5.91 Å². The molecule has 1 aliphatic rings. The van der Waals surface area contributed by atoms with Gasteiger partial charge in [-0.1, -0.05) is 53.2 Å². The lowest BCUT2D eigenvalue weighted by molar-refractivity contribution is -0.113. The first kappa shape index (κ1) is 24.6. The molecule has 1 atom stereocenters. The zero-order valence-electron chi connectivity index (χ0n) is 18.9. The van der Waals surface area contributed by atoms with E-state index in [9.17, 15) is 9.59 Å². The topological polar surface area (TPSA) is 80.1 Å². The standard InChI is InChI=1S/C24H25Cl2N5O2S/c1-3-30-22(20-9-6-12-31(20)23(33)17-8-5-4-7-15(17)2)28-29-24(30)34-14-21(32)27-16-10-11-18(25)19(26)13-16/h4-5,7-8,10-11,13,20H,3,6,9,12,14H2,1-2H3,(H,27,32). The number of nitrogens with one attached hydrogen (secondary N) is 1. The summed E-state index contributed by atoms with van der Waals surface area (Å²) < 4.78 is 1.99. The first-order valence-electron chi connectivity index (χ1n) is 11.1. The van der Waals surface area contributed by atoms with Gasteiger partial charge in [0.05, 0.1) is 21.8 Å². The number of rotatable bonds is 7. The number of aromatic nitrogens is 3. The maximum absolute atomic E-state index is 13.3. The maximum atomic E-state index is 13.3. The Morgan fingerprint density at radius 2 is 1.94 bits per heavy atom. The summed E-state index contributed by atoms with van der Waals surface area (Å²) >= 11 is 13.3. The van der Waals surface area contributed by atoms with Crippen LogP contribution in [0.2, 0.25) is 10.0 Å². The molecular weight excluding hydrogens is 493 g/mol. The lowest BCUT2D eigenvalue weighted by Gasteiger charge is -2.25. The highest BCUT2D eigenvalue weighted by Crippen LogP contribution is 2.34. The van der Waals surface area contributed by atoms with Gasteiger partial charge in [-0.3, -0.25) is 9.59 Å². The number of nitrogens with zero attached hydrogens (tertiary/aromatic N) is 4. The Balaban J connectivity index is 1.46. The smallest absolute Gasteiger partial charge is 0.254 e. The number of likely N-dealkylation sites (tertiary alicyclic amines) is 1. The van der Waals surface area contributed by atoms with Crippen molar-refractivity contribution >= 4 is 52.5 Å². The van der Waals surface area contributed by atoms with Gasteiger partial charge in [0.15, 0.2) is 11.0 Å². The Morgan fingerprint density at radius 3 is 2.68 bits per heavy atom. The number of thioether (sulfide) groups is 1. The number of hydrogen-bond donors (Lipinski definition) is 1. The summed E-state index contributed by atoms with van der Waals surface area (Å²) in [6.45, 7) is 5.28. The predicted octanol–water partition coefficient (Wildman–Crippen LogP) is 5.62. The van der Waals surface area contributed by atoms with Gasteiger partial charge in [0.2, 0.25) is 5.91 Å². The molecule has 2 amide bonds. The fraction of sp³-hybridized carbons (Fsp3) is 0.333. The van der Waals surface area contributed by atoms with Crippen LogP contribution in [-0.2, 0) is 11.3 Å². The summed E-state index contributed by atoms with van der Waals surface area (Å²) in [7, 11) is 0. The van der Waals surface area contributed by atoms with E-state index in [0.717, 1.165) is 24.2 Å². The van der Waals surface area contributed by atoms with E-state index in [0.29, 0.717) is 39.5 Å². The van der Waals surface area contributed by atoms with Crippen molar-refractivity contribution in [3.05, 3.63) is 69.5 Å². The largest absolute Gasteiger partial charge is 0.328 e. The quantitative estimate of drug-likeness (QED) is 0.411. The molecule has 34 heavy (non-hydrogen) atoms. The van der Waals surface area contributed by atoms with Gasteiger partial charge in [-0.15, -0.1) is 10.2 Å². The third-order valence-electron chi connectivity index (χ3n) is 5.78. The van der Waals surface area contributed by atoms with Crippen molar-refractivity contribution in [3.8, 4) is 0 Å². The van der Waals surface area contributed by atoms with Gasteiger partial charge >= 0.3 is 0 Å². The highest BCUT2D eigenvalue weighted by atomic mass is 35.5. The van der Waals surface area contributed by atoms with Crippen LogP contribution in [-0.4, -0.2) is 43.8 Å². The van der Waals surface area contributed by atoms with Crippen LogP contribution in [0.4, 0.5) is 5.69 Å². The van der Waals surface area contributed by atoms with Crippen LogP contribution < -0.4 is 5.32 Å². The molecule has 0 aliphatic carbocycles. The number of aryl methyl sites for hydroxylation is 1. The lowest BCUT2D eigenvalue weighted by atomic mass is 10.1. The first-order chi connectivity index (χ1) is 16.4. The van der Waals surface area contributed by atoms with Gasteiger partial charge < -0.3 is 14.8 Å². The van der Waals surface area contributed by atoms with Crippen molar-refractivity contribution in [2.45, 2.75) is 44.4 Å². The second-order valence-electron chi connectivity index (χ2n) is 8.02. The molecule has 3 aromatic rings. The zero-order chi connectivity index (χ0) is 24.2. The van der Waals surface area contributed by atoms with Gasteiger partial charge in [-0.05, 0) is 56.5 Å². The van der Waals surface area contributed by atoms with E-state index >= 15 is 0 Å². The maximum Gasteiger partial charge on any atom is 0.254 e. The lowest BCUT2D eigenvalue weighted by Crippen LogP contribution is -2.32. The van der Waals surface area contributed by atoms with Crippen LogP contribution in [0.3, 0.4) is 0 Å². The number of carbonyl (C=O) groups is 2. The van der Waals surface area contributed by atoms with Gasteiger partial charge in [0.1, 0.15) is 0 Å². The molecule has 1 aliphatic heterocycles. The average Bonchev–Trinajstić information content (AvgIpc) is 3.46. The molecule has 10 heteroatoms. The van der Waals surface area contributed by atoms with E-state index < -0.39 is 0 Å². The minimum absolute atomic E-state index is 0.0152. The van der Waals surface area contributed by atoms with E-state index in [1.807, 2.05) is 47.6 Å². The molecule has 0 radical (unpaired) electrons. The third kappa shape index (κ3) is 5.24. The van der Waals surface area contributed by atoms with Crippen LogP contribution in [0.1, 0.15) is 47.6 Å². The second kappa shape index (κ2) is 10.8. The molecule has 2 aromatic carbocycles. The Bertz CT molecular complexity index is 1220. The van der Waals surface area contributed by atoms with Gasteiger partial charge in [-0.2, -0.15) is 0 Å². The summed E-state index contributed by atoms with van der Waals surface area (Å²) in [6, 6.07) is 12.4. The fourth-order valence-corrected chi connectivity index (χ4v) is 5.20. The Labute approximate surface area is 212 Å². The van der Waals surface area contributed by atoms with Crippen molar-refractivity contribution < 1.29 is 9.59 Å². The van der Waals surface area contributed by atoms with Crippen molar-refractivity contribution in [2.75, 3.05) is 17.6 Å². The van der Waals surface area contributed by atoms with E-state index in [-0.39, 0.29) is 23.6 Å². The van der Waals surface area contributed by atoms with Crippen LogP contribution in [0, 0.1) is 6.92 Å². The van der Waals surface area contributed by atoms with E-state index in [4.69, 9.17) is 23.2 Å². The normalized spacial score (nSPS) is 15.5. The van der Waals surface area contributed by atoms with E-state index in [2.05, 4.69) is 15.5 Å². The molecule has 1 aromatic heterocycles. The molecule has 0 spiro atoms.